The lowest BCUT2D eigenvalue weighted by atomic mass is 10.5. The van der Waals surface area contributed by atoms with E-state index >= 15 is 0 Å². The molecule has 0 radical (unpaired) electrons. The van der Waals surface area contributed by atoms with Crippen LogP contribution in [0.5, 0.6) is 0 Å². The maximum atomic E-state index is 11.8. The fourth-order valence-electron chi connectivity index (χ4n) is 0.789. The molecule has 0 amide bonds. The van der Waals surface area contributed by atoms with E-state index in [4.69, 9.17) is 9.05 Å². The van der Waals surface area contributed by atoms with Gasteiger partial charge in [-0.05, 0) is 34.6 Å². The van der Waals surface area contributed by atoms with Crippen molar-refractivity contribution >= 4 is 7.60 Å². The highest BCUT2D eigenvalue weighted by Crippen LogP contribution is 2.53. The van der Waals surface area contributed by atoms with Crippen LogP contribution in [0.2, 0.25) is 0 Å². The molecule has 1 N–H and O–H groups in total. The van der Waals surface area contributed by atoms with Crippen molar-refractivity contribution in [1.29, 1.82) is 0 Å². The van der Waals surface area contributed by atoms with Crippen molar-refractivity contribution in [2.45, 2.75) is 52.7 Å². The molecule has 0 saturated heterocycles. The van der Waals surface area contributed by atoms with E-state index < -0.39 is 13.4 Å². The highest BCUT2D eigenvalue weighted by atomic mass is 31.2. The Bertz CT molecular complexity index is 175. The van der Waals surface area contributed by atoms with Crippen LogP contribution in [0, 0.1) is 0 Å². The number of rotatable bonds is 5. The third-order valence-electron chi connectivity index (χ3n) is 1.17. The van der Waals surface area contributed by atoms with E-state index in [2.05, 4.69) is 0 Å². The summed E-state index contributed by atoms with van der Waals surface area (Å²) in [5.41, 5.74) is 0. The van der Waals surface area contributed by atoms with Gasteiger partial charge >= 0.3 is 7.60 Å². The number of hydrogen-bond acceptors (Lipinski definition) is 4. The van der Waals surface area contributed by atoms with Gasteiger partial charge in [0.1, 0.15) is 0 Å². The summed E-state index contributed by atoms with van der Waals surface area (Å²) < 4.78 is 22.0. The van der Waals surface area contributed by atoms with Gasteiger partial charge in [-0.15, -0.1) is 0 Å². The topological polar surface area (TPSA) is 55.8 Å². The van der Waals surface area contributed by atoms with Gasteiger partial charge in [-0.25, -0.2) is 0 Å². The molecule has 0 saturated carbocycles. The quantitative estimate of drug-likeness (QED) is 0.708. The summed E-state index contributed by atoms with van der Waals surface area (Å²) in [5.74, 6) is -1.09. The van der Waals surface area contributed by atoms with Crippen LogP contribution >= 0.6 is 7.60 Å². The van der Waals surface area contributed by atoms with Gasteiger partial charge in [0.2, 0.25) is 0 Å². The highest BCUT2D eigenvalue weighted by molar-refractivity contribution is 7.54. The van der Waals surface area contributed by atoms with Crippen LogP contribution in [-0.4, -0.2) is 23.2 Å². The lowest BCUT2D eigenvalue weighted by molar-refractivity contribution is 0.106. The summed E-state index contributed by atoms with van der Waals surface area (Å²) in [6.45, 7) is 8.40. The summed E-state index contributed by atoms with van der Waals surface area (Å²) in [6, 6.07) is 0. The van der Waals surface area contributed by atoms with E-state index in [1.54, 1.807) is 27.7 Å². The van der Waals surface area contributed by atoms with Crippen LogP contribution in [0.15, 0.2) is 0 Å². The van der Waals surface area contributed by atoms with Crippen molar-refractivity contribution in [3.63, 3.8) is 0 Å². The normalized spacial score (nSPS) is 15.4. The first kappa shape index (κ1) is 13.1. The van der Waals surface area contributed by atoms with Crippen LogP contribution in [-0.2, 0) is 13.6 Å². The maximum absolute atomic E-state index is 11.8. The highest BCUT2D eigenvalue weighted by Gasteiger charge is 2.33. The molecule has 13 heavy (non-hydrogen) atoms. The van der Waals surface area contributed by atoms with Gasteiger partial charge in [0.15, 0.2) is 5.85 Å². The Kier molecular flexibility index (Phi) is 5.15. The Balaban J connectivity index is 4.45. The van der Waals surface area contributed by atoms with Crippen LogP contribution < -0.4 is 0 Å². The molecule has 80 valence electrons. The van der Waals surface area contributed by atoms with E-state index in [-0.39, 0.29) is 12.2 Å². The molecule has 0 heterocycles. The molecule has 0 aliphatic heterocycles. The second kappa shape index (κ2) is 5.11. The summed E-state index contributed by atoms with van der Waals surface area (Å²) in [7, 11) is -3.35. The average Bonchev–Trinajstić information content (AvgIpc) is 1.82. The van der Waals surface area contributed by atoms with Gasteiger partial charge < -0.3 is 14.2 Å². The molecule has 1 atom stereocenters. The maximum Gasteiger partial charge on any atom is 0.359 e. The average molecular weight is 210 g/mol. The predicted octanol–water partition coefficient (Wildman–Crippen LogP) is 2.37. The fraction of sp³-hybridized carbons (Fsp3) is 1.00. The van der Waals surface area contributed by atoms with Crippen LogP contribution in [0.3, 0.4) is 0 Å². The molecule has 0 aromatic heterocycles. The lowest BCUT2D eigenvalue weighted by Crippen LogP contribution is -2.15. The van der Waals surface area contributed by atoms with Crippen molar-refractivity contribution in [3.05, 3.63) is 0 Å². The van der Waals surface area contributed by atoms with Crippen molar-refractivity contribution in [2.24, 2.45) is 0 Å². The van der Waals surface area contributed by atoms with E-state index in [0.717, 1.165) is 0 Å². The zero-order valence-electron chi connectivity index (χ0n) is 8.85. The minimum absolute atomic E-state index is 0.223. The monoisotopic (exact) mass is 210 g/mol. The Morgan fingerprint density at radius 2 is 1.31 bits per heavy atom. The van der Waals surface area contributed by atoms with Crippen molar-refractivity contribution in [3.8, 4) is 0 Å². The smallest absolute Gasteiger partial charge is 0.359 e. The van der Waals surface area contributed by atoms with Gasteiger partial charge in [-0.1, -0.05) is 0 Å². The molecule has 0 spiro atoms. The lowest BCUT2D eigenvalue weighted by Gasteiger charge is -2.24. The van der Waals surface area contributed by atoms with Crippen molar-refractivity contribution in [2.75, 3.05) is 0 Å². The minimum atomic E-state index is -3.35. The molecule has 0 rings (SSSR count). The molecule has 0 bridgehead atoms. The number of hydrogen-bond donors (Lipinski definition) is 1. The van der Waals surface area contributed by atoms with Gasteiger partial charge in [-0.2, -0.15) is 0 Å². The Hall–Kier alpha value is 0.110. The summed E-state index contributed by atoms with van der Waals surface area (Å²) in [4.78, 5) is 0. The summed E-state index contributed by atoms with van der Waals surface area (Å²) >= 11 is 0. The Labute approximate surface area is 79.8 Å². The molecule has 0 aliphatic carbocycles. The first-order valence-corrected chi connectivity index (χ1v) is 6.03. The first-order valence-electron chi connectivity index (χ1n) is 4.42. The van der Waals surface area contributed by atoms with Crippen molar-refractivity contribution in [1.82, 2.24) is 0 Å². The first-order chi connectivity index (χ1) is 5.78. The van der Waals surface area contributed by atoms with Gasteiger partial charge in [0.05, 0.1) is 12.2 Å². The van der Waals surface area contributed by atoms with Crippen LogP contribution in [0.4, 0.5) is 0 Å². The zero-order valence-corrected chi connectivity index (χ0v) is 9.75. The number of aliphatic hydroxyl groups excluding tert-OH is 1. The third-order valence-corrected chi connectivity index (χ3v) is 3.52. The SMILES string of the molecule is CC(C)OP(=O)(OC(C)C)[C@@H](C)O. The van der Waals surface area contributed by atoms with Gasteiger partial charge in [-0.3, -0.25) is 4.57 Å². The molecule has 0 aliphatic rings. The predicted molar refractivity (Wildman–Crippen MR) is 51.7 cm³/mol. The van der Waals surface area contributed by atoms with Gasteiger partial charge in [0.25, 0.3) is 0 Å². The zero-order chi connectivity index (χ0) is 10.6. The second-order valence-electron chi connectivity index (χ2n) is 3.48. The van der Waals surface area contributed by atoms with E-state index in [1.165, 1.54) is 6.92 Å². The Morgan fingerprint density at radius 3 is 1.46 bits per heavy atom. The van der Waals surface area contributed by atoms with E-state index in [1.807, 2.05) is 0 Å². The molecule has 5 heteroatoms. The minimum Gasteiger partial charge on any atom is -0.381 e. The van der Waals surface area contributed by atoms with E-state index in [9.17, 15) is 9.67 Å². The largest absolute Gasteiger partial charge is 0.381 e. The molecule has 0 fully saturated rings. The molecule has 0 unspecified atom stereocenters. The number of aliphatic hydroxyl groups is 1. The van der Waals surface area contributed by atoms with Crippen LogP contribution in [0.1, 0.15) is 34.6 Å². The Morgan fingerprint density at radius 1 is 1.00 bits per heavy atom. The molecular weight excluding hydrogens is 191 g/mol. The van der Waals surface area contributed by atoms with Crippen molar-refractivity contribution < 1.29 is 18.7 Å². The summed E-state index contributed by atoms with van der Waals surface area (Å²) in [6.07, 6.45) is -0.446. The summed E-state index contributed by atoms with van der Waals surface area (Å²) in [5, 5.41) is 9.26. The second-order valence-corrected chi connectivity index (χ2v) is 5.73. The van der Waals surface area contributed by atoms with E-state index in [0.29, 0.717) is 0 Å². The molecule has 4 nitrogen and oxygen atoms in total. The van der Waals surface area contributed by atoms with Gasteiger partial charge in [0, 0.05) is 0 Å². The molecule has 0 aromatic carbocycles. The molecular formula is C8H19O4P. The molecule has 0 aromatic rings. The standard InChI is InChI=1S/C8H19O4P/c1-6(2)11-13(10,8(5)9)12-7(3)4/h6-9H,1-5H3/t8-/m0/s1. The fourth-order valence-corrected chi connectivity index (χ4v) is 2.37. The van der Waals surface area contributed by atoms with Crippen LogP contribution in [0.25, 0.3) is 0 Å². The third kappa shape index (κ3) is 4.77.